The Hall–Kier alpha value is -0.280. The minimum Gasteiger partial charge on any atom is -0.354 e. The topological polar surface area (TPSA) is 55.1 Å². The number of nitrogens with one attached hydrogen (secondary N) is 1. The van der Waals surface area contributed by atoms with Crippen LogP contribution >= 0.6 is 12.4 Å². The molecule has 1 fully saturated rings. The molecule has 1 aliphatic carbocycles. The number of hydrogen-bond donors (Lipinski definition) is 2. The van der Waals surface area contributed by atoms with E-state index in [1.165, 1.54) is 25.7 Å². The smallest absolute Gasteiger partial charge is 0.220 e. The van der Waals surface area contributed by atoms with Gasteiger partial charge in [0.25, 0.3) is 0 Å². The van der Waals surface area contributed by atoms with Gasteiger partial charge in [-0.25, -0.2) is 0 Å². The minimum atomic E-state index is -0.310. The van der Waals surface area contributed by atoms with Gasteiger partial charge in [0.15, 0.2) is 0 Å². The lowest BCUT2D eigenvalue weighted by Crippen LogP contribution is -2.45. The molecule has 0 aliphatic heterocycles. The van der Waals surface area contributed by atoms with Gasteiger partial charge >= 0.3 is 0 Å². The summed E-state index contributed by atoms with van der Waals surface area (Å²) >= 11 is 0. The monoisotopic (exact) mass is 262 g/mol. The highest BCUT2D eigenvalue weighted by Crippen LogP contribution is 2.30. The van der Waals surface area contributed by atoms with Crippen LogP contribution in [0.15, 0.2) is 0 Å². The maximum absolute atomic E-state index is 11.7. The Morgan fingerprint density at radius 2 is 2.06 bits per heavy atom. The first-order chi connectivity index (χ1) is 7.37. The molecule has 2 atom stereocenters. The molecule has 0 spiro atoms. The number of rotatable bonds is 4. The van der Waals surface area contributed by atoms with E-state index in [9.17, 15) is 4.79 Å². The van der Waals surface area contributed by atoms with Gasteiger partial charge in [0.1, 0.15) is 0 Å². The Kier molecular flexibility index (Phi) is 7.10. The van der Waals surface area contributed by atoms with E-state index in [1.54, 1.807) is 0 Å². The first-order valence-corrected chi connectivity index (χ1v) is 6.42. The van der Waals surface area contributed by atoms with Crippen LogP contribution in [0, 0.1) is 11.8 Å². The van der Waals surface area contributed by atoms with E-state index in [4.69, 9.17) is 5.73 Å². The third-order valence-electron chi connectivity index (χ3n) is 3.26. The van der Waals surface area contributed by atoms with E-state index in [0.29, 0.717) is 18.9 Å². The van der Waals surface area contributed by atoms with E-state index < -0.39 is 0 Å². The summed E-state index contributed by atoms with van der Waals surface area (Å²) in [5, 5.41) is 2.92. The first kappa shape index (κ1) is 16.7. The Bertz CT molecular complexity index is 238. The zero-order valence-corrected chi connectivity index (χ0v) is 12.1. The molecule has 17 heavy (non-hydrogen) atoms. The van der Waals surface area contributed by atoms with E-state index in [0.717, 1.165) is 5.92 Å². The summed E-state index contributed by atoms with van der Waals surface area (Å²) in [7, 11) is 0. The molecule has 1 aliphatic rings. The van der Waals surface area contributed by atoms with Crippen LogP contribution in [-0.4, -0.2) is 18.0 Å². The molecule has 1 saturated carbocycles. The van der Waals surface area contributed by atoms with Crippen molar-refractivity contribution in [3.8, 4) is 0 Å². The highest BCUT2D eigenvalue weighted by molar-refractivity contribution is 5.85. The molecule has 3 nitrogen and oxygen atoms in total. The maximum atomic E-state index is 11.7. The van der Waals surface area contributed by atoms with Crippen molar-refractivity contribution >= 4 is 18.3 Å². The van der Waals surface area contributed by atoms with Gasteiger partial charge in [0.05, 0.1) is 0 Å². The zero-order chi connectivity index (χ0) is 12.2. The Balaban J connectivity index is 0.00000256. The highest BCUT2D eigenvalue weighted by atomic mass is 35.5. The molecular formula is C13H27ClN2O. The molecule has 0 aromatic carbocycles. The van der Waals surface area contributed by atoms with Crippen molar-refractivity contribution < 1.29 is 4.79 Å². The van der Waals surface area contributed by atoms with Gasteiger partial charge in [0.2, 0.25) is 5.91 Å². The van der Waals surface area contributed by atoms with Crippen LogP contribution in [0.2, 0.25) is 0 Å². The standard InChI is InChI=1S/C13H26N2O.ClH/c1-10-5-4-6-11(7-10)8-12(16)15-9-13(2,3)14;/h10-11H,4-9,14H2,1-3H3,(H,15,16);1H. The number of amides is 1. The third-order valence-corrected chi connectivity index (χ3v) is 3.26. The predicted molar refractivity (Wildman–Crippen MR) is 74.3 cm³/mol. The molecule has 0 aromatic rings. The number of halogens is 1. The van der Waals surface area contributed by atoms with Crippen LogP contribution in [0.4, 0.5) is 0 Å². The fourth-order valence-corrected chi connectivity index (χ4v) is 2.41. The summed E-state index contributed by atoms with van der Waals surface area (Å²) in [6.45, 7) is 6.70. The van der Waals surface area contributed by atoms with Crippen LogP contribution in [0.5, 0.6) is 0 Å². The predicted octanol–water partition coefficient (Wildman–Crippen LogP) is 2.48. The minimum absolute atomic E-state index is 0. The summed E-state index contributed by atoms with van der Waals surface area (Å²) in [4.78, 5) is 11.7. The molecule has 0 saturated heterocycles. The van der Waals surface area contributed by atoms with Crippen LogP contribution in [0.3, 0.4) is 0 Å². The molecule has 2 unspecified atom stereocenters. The normalized spacial score (nSPS) is 24.9. The molecular weight excluding hydrogens is 236 g/mol. The second kappa shape index (κ2) is 7.22. The van der Waals surface area contributed by atoms with Crippen LogP contribution in [0.25, 0.3) is 0 Å². The van der Waals surface area contributed by atoms with Gasteiger partial charge in [0, 0.05) is 18.5 Å². The van der Waals surface area contributed by atoms with E-state index >= 15 is 0 Å². The Morgan fingerprint density at radius 3 is 2.59 bits per heavy atom. The van der Waals surface area contributed by atoms with Gasteiger partial charge in [-0.05, 0) is 38.5 Å². The molecule has 3 N–H and O–H groups in total. The largest absolute Gasteiger partial charge is 0.354 e. The van der Waals surface area contributed by atoms with E-state index in [1.807, 2.05) is 13.8 Å². The molecule has 0 aromatic heterocycles. The Labute approximate surface area is 111 Å². The lowest BCUT2D eigenvalue weighted by atomic mass is 9.81. The highest BCUT2D eigenvalue weighted by Gasteiger charge is 2.21. The van der Waals surface area contributed by atoms with Gasteiger partial charge < -0.3 is 11.1 Å². The van der Waals surface area contributed by atoms with E-state index in [-0.39, 0.29) is 23.9 Å². The fraction of sp³-hybridized carbons (Fsp3) is 0.923. The summed E-state index contributed by atoms with van der Waals surface area (Å²) in [6.07, 6.45) is 5.71. The second-order valence-electron chi connectivity index (χ2n) is 6.11. The molecule has 0 heterocycles. The summed E-state index contributed by atoms with van der Waals surface area (Å²) in [5.74, 6) is 1.54. The van der Waals surface area contributed by atoms with Crippen LogP contribution < -0.4 is 11.1 Å². The third kappa shape index (κ3) is 7.61. The molecule has 1 rings (SSSR count). The molecule has 0 bridgehead atoms. The van der Waals surface area contributed by atoms with Crippen molar-refractivity contribution in [2.45, 2.75) is 58.4 Å². The lowest BCUT2D eigenvalue weighted by molar-refractivity contribution is -0.122. The number of carbonyl (C=O) groups is 1. The molecule has 102 valence electrons. The van der Waals surface area contributed by atoms with E-state index in [2.05, 4.69) is 12.2 Å². The van der Waals surface area contributed by atoms with Gasteiger partial charge in [-0.2, -0.15) is 0 Å². The molecule has 4 heteroatoms. The van der Waals surface area contributed by atoms with Gasteiger partial charge in [-0.1, -0.05) is 19.8 Å². The van der Waals surface area contributed by atoms with Crippen molar-refractivity contribution in [2.24, 2.45) is 17.6 Å². The first-order valence-electron chi connectivity index (χ1n) is 6.42. The second-order valence-corrected chi connectivity index (χ2v) is 6.11. The Morgan fingerprint density at radius 1 is 1.41 bits per heavy atom. The van der Waals surface area contributed by atoms with Crippen molar-refractivity contribution in [1.29, 1.82) is 0 Å². The zero-order valence-electron chi connectivity index (χ0n) is 11.3. The van der Waals surface area contributed by atoms with Crippen LogP contribution in [-0.2, 0) is 4.79 Å². The van der Waals surface area contributed by atoms with Crippen LogP contribution in [0.1, 0.15) is 52.9 Å². The summed E-state index contributed by atoms with van der Waals surface area (Å²) in [5.41, 5.74) is 5.51. The number of hydrogen-bond acceptors (Lipinski definition) is 2. The summed E-state index contributed by atoms with van der Waals surface area (Å²) < 4.78 is 0. The fourth-order valence-electron chi connectivity index (χ4n) is 2.41. The summed E-state index contributed by atoms with van der Waals surface area (Å²) in [6, 6.07) is 0. The lowest BCUT2D eigenvalue weighted by Gasteiger charge is -2.26. The quantitative estimate of drug-likeness (QED) is 0.818. The number of nitrogens with two attached hydrogens (primary N) is 1. The molecule has 1 amide bonds. The average molecular weight is 263 g/mol. The van der Waals surface area contributed by atoms with Crippen molar-refractivity contribution in [1.82, 2.24) is 5.32 Å². The average Bonchev–Trinajstić information content (AvgIpc) is 2.14. The number of carbonyl (C=O) groups excluding carboxylic acids is 1. The SMILES string of the molecule is CC1CCCC(CC(=O)NCC(C)(C)N)C1.Cl. The maximum Gasteiger partial charge on any atom is 0.220 e. The molecule has 0 radical (unpaired) electrons. The van der Waals surface area contributed by atoms with Gasteiger partial charge in [-0.3, -0.25) is 4.79 Å². The van der Waals surface area contributed by atoms with Crippen molar-refractivity contribution in [2.75, 3.05) is 6.54 Å². The van der Waals surface area contributed by atoms with Crippen molar-refractivity contribution in [3.05, 3.63) is 0 Å². The van der Waals surface area contributed by atoms with Gasteiger partial charge in [-0.15, -0.1) is 12.4 Å². The van der Waals surface area contributed by atoms with Crippen molar-refractivity contribution in [3.63, 3.8) is 0 Å².